The van der Waals surface area contributed by atoms with Gasteiger partial charge >= 0.3 is 5.97 Å². The van der Waals surface area contributed by atoms with E-state index in [0.717, 1.165) is 60.0 Å². The SMILES string of the molecule is CC1=C(C(=O)OC2CCCCC2)C(c2cc3c(cc2Br)OCO3)C2=C(CCCC2=O)N1. The molecular formula is C24H26BrNO5. The van der Waals surface area contributed by atoms with Gasteiger partial charge in [0.25, 0.3) is 0 Å². The number of carbonyl (C=O) groups excluding carboxylic acids is 2. The van der Waals surface area contributed by atoms with Gasteiger partial charge in [-0.3, -0.25) is 4.79 Å². The molecule has 2 aliphatic carbocycles. The molecule has 0 spiro atoms. The fourth-order valence-electron chi connectivity index (χ4n) is 5.12. The number of benzene rings is 1. The van der Waals surface area contributed by atoms with E-state index in [4.69, 9.17) is 14.2 Å². The Kier molecular flexibility index (Phi) is 5.54. The maximum atomic E-state index is 13.5. The normalized spacial score (nSPS) is 23.5. The Morgan fingerprint density at radius 2 is 1.84 bits per heavy atom. The van der Waals surface area contributed by atoms with E-state index in [1.54, 1.807) is 0 Å². The molecule has 1 atom stereocenters. The van der Waals surface area contributed by atoms with Crippen molar-refractivity contribution in [3.63, 3.8) is 0 Å². The lowest BCUT2D eigenvalue weighted by Crippen LogP contribution is -2.35. The van der Waals surface area contributed by atoms with E-state index in [1.165, 1.54) is 6.42 Å². The van der Waals surface area contributed by atoms with Gasteiger partial charge in [0.05, 0.1) is 5.57 Å². The molecule has 0 aromatic heterocycles. The third-order valence-corrected chi connectivity index (χ3v) is 7.31. The van der Waals surface area contributed by atoms with Crippen molar-refractivity contribution in [2.45, 2.75) is 70.3 Å². The van der Waals surface area contributed by atoms with Crippen molar-refractivity contribution < 1.29 is 23.8 Å². The molecule has 7 heteroatoms. The summed E-state index contributed by atoms with van der Waals surface area (Å²) in [4.78, 5) is 26.5. The number of nitrogens with one attached hydrogen (secondary N) is 1. The Balaban J connectivity index is 1.59. The number of dihydropyridines is 1. The van der Waals surface area contributed by atoms with Gasteiger partial charge in [0.15, 0.2) is 17.3 Å². The van der Waals surface area contributed by atoms with Crippen molar-refractivity contribution in [1.82, 2.24) is 5.32 Å². The molecule has 6 nitrogen and oxygen atoms in total. The van der Waals surface area contributed by atoms with Crippen molar-refractivity contribution in [3.05, 3.63) is 44.7 Å². The summed E-state index contributed by atoms with van der Waals surface area (Å²) in [6, 6.07) is 3.74. The van der Waals surface area contributed by atoms with Gasteiger partial charge in [-0.25, -0.2) is 4.79 Å². The highest BCUT2D eigenvalue weighted by molar-refractivity contribution is 9.10. The number of ketones is 1. The lowest BCUT2D eigenvalue weighted by molar-refractivity contribution is -0.146. The van der Waals surface area contributed by atoms with Gasteiger partial charge in [0.1, 0.15) is 6.10 Å². The van der Waals surface area contributed by atoms with E-state index in [2.05, 4.69) is 21.2 Å². The molecular weight excluding hydrogens is 462 g/mol. The molecule has 1 saturated carbocycles. The summed E-state index contributed by atoms with van der Waals surface area (Å²) >= 11 is 3.65. The second-order valence-electron chi connectivity index (χ2n) is 8.66. The molecule has 4 aliphatic rings. The van der Waals surface area contributed by atoms with Crippen molar-refractivity contribution >= 4 is 27.7 Å². The van der Waals surface area contributed by atoms with E-state index < -0.39 is 5.92 Å². The fraction of sp³-hybridized carbons (Fsp3) is 0.500. The molecule has 1 unspecified atom stereocenters. The van der Waals surface area contributed by atoms with Crippen LogP contribution in [0.3, 0.4) is 0 Å². The molecule has 0 amide bonds. The topological polar surface area (TPSA) is 73.9 Å². The maximum Gasteiger partial charge on any atom is 0.337 e. The monoisotopic (exact) mass is 487 g/mol. The van der Waals surface area contributed by atoms with Crippen LogP contribution in [-0.4, -0.2) is 24.6 Å². The van der Waals surface area contributed by atoms with Gasteiger partial charge < -0.3 is 19.5 Å². The van der Waals surface area contributed by atoms with Gasteiger partial charge in [-0.1, -0.05) is 22.4 Å². The highest BCUT2D eigenvalue weighted by atomic mass is 79.9. The molecule has 0 radical (unpaired) electrons. The van der Waals surface area contributed by atoms with Crippen LogP contribution < -0.4 is 14.8 Å². The molecule has 2 aliphatic heterocycles. The Hall–Kier alpha value is -2.28. The summed E-state index contributed by atoms with van der Waals surface area (Å²) < 4.78 is 17.8. The van der Waals surface area contributed by atoms with Crippen molar-refractivity contribution in [2.24, 2.45) is 0 Å². The van der Waals surface area contributed by atoms with Gasteiger partial charge in [0.2, 0.25) is 6.79 Å². The number of ether oxygens (including phenoxy) is 3. The Bertz CT molecular complexity index is 1010. The first-order chi connectivity index (χ1) is 15.0. The minimum atomic E-state index is -0.496. The van der Waals surface area contributed by atoms with E-state index >= 15 is 0 Å². The minimum Gasteiger partial charge on any atom is -0.459 e. The van der Waals surface area contributed by atoms with E-state index in [0.29, 0.717) is 29.1 Å². The van der Waals surface area contributed by atoms with E-state index in [1.807, 2.05) is 19.1 Å². The Morgan fingerprint density at radius 1 is 1.10 bits per heavy atom. The quantitative estimate of drug-likeness (QED) is 0.603. The molecule has 1 N–H and O–H groups in total. The number of esters is 1. The molecule has 0 saturated heterocycles. The number of hydrogen-bond donors (Lipinski definition) is 1. The van der Waals surface area contributed by atoms with Crippen LogP contribution in [0.4, 0.5) is 0 Å². The predicted molar refractivity (Wildman–Crippen MR) is 118 cm³/mol. The van der Waals surface area contributed by atoms with Crippen molar-refractivity contribution in [1.29, 1.82) is 0 Å². The number of halogens is 1. The van der Waals surface area contributed by atoms with E-state index in [9.17, 15) is 9.59 Å². The van der Waals surface area contributed by atoms with Gasteiger partial charge in [-0.2, -0.15) is 0 Å². The minimum absolute atomic E-state index is 0.0557. The lowest BCUT2D eigenvalue weighted by Gasteiger charge is -2.35. The third-order valence-electron chi connectivity index (χ3n) is 6.62. The summed E-state index contributed by atoms with van der Waals surface area (Å²) in [6.07, 6.45) is 7.19. The summed E-state index contributed by atoms with van der Waals surface area (Å²) in [7, 11) is 0. The largest absolute Gasteiger partial charge is 0.459 e. The Morgan fingerprint density at radius 3 is 2.61 bits per heavy atom. The zero-order valence-corrected chi connectivity index (χ0v) is 19.2. The van der Waals surface area contributed by atoms with Crippen LogP contribution in [0, 0.1) is 0 Å². The number of rotatable bonds is 3. The highest BCUT2D eigenvalue weighted by Gasteiger charge is 2.41. The lowest BCUT2D eigenvalue weighted by atomic mass is 9.75. The average molecular weight is 488 g/mol. The first-order valence-electron chi connectivity index (χ1n) is 11.1. The molecule has 1 aromatic rings. The highest BCUT2D eigenvalue weighted by Crippen LogP contribution is 2.48. The van der Waals surface area contributed by atoms with Crippen molar-refractivity contribution in [3.8, 4) is 11.5 Å². The van der Waals surface area contributed by atoms with Gasteiger partial charge in [0, 0.05) is 33.8 Å². The van der Waals surface area contributed by atoms with Crippen LogP contribution >= 0.6 is 15.9 Å². The fourth-order valence-corrected chi connectivity index (χ4v) is 5.67. The van der Waals surface area contributed by atoms with Crippen LogP contribution in [0.15, 0.2) is 39.1 Å². The summed E-state index contributed by atoms with van der Waals surface area (Å²) in [5, 5.41) is 3.35. The molecule has 1 aromatic carbocycles. The zero-order chi connectivity index (χ0) is 21.5. The molecule has 31 heavy (non-hydrogen) atoms. The number of Topliss-reactive ketones (excluding diaryl/α,β-unsaturated/α-hetero) is 1. The molecule has 1 fully saturated rings. The summed E-state index contributed by atoms with van der Waals surface area (Å²) in [6.45, 7) is 2.06. The molecule has 2 heterocycles. The smallest absolute Gasteiger partial charge is 0.337 e. The van der Waals surface area contributed by atoms with Gasteiger partial charge in [-0.15, -0.1) is 0 Å². The molecule has 164 valence electrons. The van der Waals surface area contributed by atoms with Crippen molar-refractivity contribution in [2.75, 3.05) is 6.79 Å². The molecule has 0 bridgehead atoms. The van der Waals surface area contributed by atoms with Gasteiger partial charge in [-0.05, 0) is 63.1 Å². The Labute approximate surface area is 190 Å². The first kappa shape index (κ1) is 20.6. The predicted octanol–water partition coefficient (Wildman–Crippen LogP) is 5.02. The number of fused-ring (bicyclic) bond motifs is 1. The van der Waals surface area contributed by atoms with Crippen LogP contribution in [0.5, 0.6) is 11.5 Å². The second-order valence-corrected chi connectivity index (χ2v) is 9.51. The summed E-state index contributed by atoms with van der Waals surface area (Å²) in [5.41, 5.74) is 3.68. The van der Waals surface area contributed by atoms with Crippen LogP contribution in [0.2, 0.25) is 0 Å². The van der Waals surface area contributed by atoms with Crippen LogP contribution in [0.1, 0.15) is 69.8 Å². The van der Waals surface area contributed by atoms with Crippen LogP contribution in [-0.2, 0) is 14.3 Å². The summed E-state index contributed by atoms with van der Waals surface area (Å²) in [5.74, 6) is 0.528. The zero-order valence-electron chi connectivity index (χ0n) is 17.6. The standard InChI is InChI=1S/C24H26BrNO5/c1-13-21(24(28)31-14-6-3-2-4-7-14)22(23-17(26-13)8-5-9-18(23)27)15-10-19-20(11-16(15)25)30-12-29-19/h10-11,14,22,26H,2-9,12H2,1H3. The number of hydrogen-bond acceptors (Lipinski definition) is 6. The second kappa shape index (κ2) is 8.34. The average Bonchev–Trinajstić information content (AvgIpc) is 3.20. The van der Waals surface area contributed by atoms with Crippen LogP contribution in [0.25, 0.3) is 0 Å². The number of carbonyl (C=O) groups is 2. The first-order valence-corrected chi connectivity index (χ1v) is 11.9. The van der Waals surface area contributed by atoms with E-state index in [-0.39, 0.29) is 24.6 Å². The molecule has 5 rings (SSSR count). The number of allylic oxidation sites excluding steroid dienone is 3. The third kappa shape index (κ3) is 3.77. The maximum absolute atomic E-state index is 13.5.